The van der Waals surface area contributed by atoms with Gasteiger partial charge in [-0.15, -0.1) is 0 Å². The highest BCUT2D eigenvalue weighted by Gasteiger charge is 2.57. The Morgan fingerprint density at radius 3 is 2.05 bits per heavy atom. The zero-order valence-electron chi connectivity index (χ0n) is 22.8. The van der Waals surface area contributed by atoms with E-state index in [0.717, 1.165) is 29.7 Å². The highest BCUT2D eigenvalue weighted by molar-refractivity contribution is 5.89. The second-order valence-electron chi connectivity index (χ2n) is 12.0. The summed E-state index contributed by atoms with van der Waals surface area (Å²) in [5.41, 5.74) is 1.86. The highest BCUT2D eigenvalue weighted by atomic mass is 16.4. The van der Waals surface area contributed by atoms with Gasteiger partial charge in [-0.3, -0.25) is 0 Å². The summed E-state index contributed by atoms with van der Waals surface area (Å²) in [6, 6.07) is 12.2. The van der Waals surface area contributed by atoms with Crippen LogP contribution in [0.2, 0.25) is 0 Å². The number of anilines is 1. The second kappa shape index (κ2) is 12.0. The molecule has 0 amide bonds. The minimum Gasteiger partial charge on any atom is -0.478 e. The number of carbonyl (C=O) groups is 2. The Balaban J connectivity index is 0.000000349. The predicted molar refractivity (Wildman–Crippen MR) is 147 cm³/mol. The average molecular weight is 512 g/mol. The Morgan fingerprint density at radius 2 is 1.51 bits per heavy atom. The van der Waals surface area contributed by atoms with Crippen LogP contribution in [0.4, 0.5) is 5.69 Å². The van der Waals surface area contributed by atoms with Crippen molar-refractivity contribution in [2.45, 2.75) is 64.0 Å². The van der Waals surface area contributed by atoms with Crippen LogP contribution in [-0.4, -0.2) is 83.3 Å². The number of hydrogen-bond acceptors (Lipinski definition) is 5. The van der Waals surface area contributed by atoms with E-state index in [9.17, 15) is 9.59 Å². The molecule has 1 aromatic rings. The van der Waals surface area contributed by atoms with Crippen molar-refractivity contribution in [3.05, 3.63) is 42.5 Å². The lowest BCUT2D eigenvalue weighted by Gasteiger charge is -2.51. The van der Waals surface area contributed by atoms with Gasteiger partial charge in [0, 0.05) is 68.1 Å². The molecule has 3 heterocycles. The van der Waals surface area contributed by atoms with Gasteiger partial charge in [0.25, 0.3) is 0 Å². The number of likely N-dealkylation sites (tertiary alicyclic amines) is 2. The molecule has 3 saturated heterocycles. The van der Waals surface area contributed by atoms with Gasteiger partial charge in [-0.1, -0.05) is 32.0 Å². The number of hydrogen-bond donors (Lipinski definition) is 2. The Hall–Kier alpha value is -2.38. The monoisotopic (exact) mass is 511 g/mol. The standard InChI is InChI=1S/C26H41N3.C4H4O4/c1-20(2)21-9-11-23(12-10-21)28-15-13-26(14-16-28)25-19-27(3)17-22(25)18-29(26)24-7-5-4-6-8-24;5-3(6)1-2-4(7)8/h4-8,20-23,25H,9-19H2,1-3H3;1-2H,(H,5,6)(H,7,8)/b;2-1+/t21?,22-,23?,25-;/m0./s1. The lowest BCUT2D eigenvalue weighted by Crippen LogP contribution is -2.58. The van der Waals surface area contributed by atoms with E-state index < -0.39 is 11.9 Å². The quantitative estimate of drug-likeness (QED) is 0.565. The largest absolute Gasteiger partial charge is 0.478 e. The number of para-hydroxylation sites is 1. The van der Waals surface area contributed by atoms with Crippen LogP contribution in [0, 0.1) is 23.7 Å². The maximum absolute atomic E-state index is 9.55. The Labute approximate surface area is 222 Å². The van der Waals surface area contributed by atoms with Gasteiger partial charge in [0.05, 0.1) is 0 Å². The fourth-order valence-corrected chi connectivity index (χ4v) is 7.66. The minimum atomic E-state index is -1.26. The first-order valence-corrected chi connectivity index (χ1v) is 14.1. The zero-order valence-corrected chi connectivity index (χ0v) is 22.8. The molecule has 204 valence electrons. The van der Waals surface area contributed by atoms with Gasteiger partial charge >= 0.3 is 11.9 Å². The van der Waals surface area contributed by atoms with Crippen molar-refractivity contribution in [3.8, 4) is 0 Å². The average Bonchev–Trinajstić information content (AvgIpc) is 3.39. The normalized spacial score (nSPS) is 29.9. The topological polar surface area (TPSA) is 84.3 Å². The van der Waals surface area contributed by atoms with Crippen molar-refractivity contribution < 1.29 is 19.8 Å². The van der Waals surface area contributed by atoms with E-state index in [2.05, 4.69) is 65.9 Å². The number of aliphatic carboxylic acids is 2. The molecular formula is C30H45N3O4. The van der Waals surface area contributed by atoms with Gasteiger partial charge in [-0.25, -0.2) is 9.59 Å². The van der Waals surface area contributed by atoms with Crippen molar-refractivity contribution >= 4 is 17.6 Å². The number of carboxylic acid groups (broad SMARTS) is 2. The molecule has 1 aliphatic carbocycles. The third-order valence-corrected chi connectivity index (χ3v) is 9.57. The fraction of sp³-hybridized carbons (Fsp3) is 0.667. The molecular weight excluding hydrogens is 466 g/mol. The van der Waals surface area contributed by atoms with Crippen molar-refractivity contribution in [3.63, 3.8) is 0 Å². The van der Waals surface area contributed by atoms with Crippen LogP contribution < -0.4 is 4.90 Å². The molecule has 3 aliphatic heterocycles. The summed E-state index contributed by atoms with van der Waals surface area (Å²) in [4.78, 5) is 27.4. The number of nitrogens with zero attached hydrogens (tertiary/aromatic N) is 3. The first-order valence-electron chi connectivity index (χ1n) is 14.1. The van der Waals surface area contributed by atoms with Gasteiger partial charge in [0.2, 0.25) is 0 Å². The number of piperidine rings is 1. The van der Waals surface area contributed by atoms with Crippen LogP contribution >= 0.6 is 0 Å². The summed E-state index contributed by atoms with van der Waals surface area (Å²) < 4.78 is 0. The fourth-order valence-electron chi connectivity index (χ4n) is 7.66. The summed E-state index contributed by atoms with van der Waals surface area (Å²) in [7, 11) is 2.33. The zero-order chi connectivity index (χ0) is 26.6. The Bertz CT molecular complexity index is 917. The lowest BCUT2D eigenvalue weighted by molar-refractivity contribution is -0.134. The Morgan fingerprint density at radius 1 is 0.919 bits per heavy atom. The van der Waals surface area contributed by atoms with Gasteiger partial charge < -0.3 is 24.9 Å². The van der Waals surface area contributed by atoms with Crippen LogP contribution in [0.3, 0.4) is 0 Å². The van der Waals surface area contributed by atoms with Crippen LogP contribution in [-0.2, 0) is 9.59 Å². The molecule has 4 fully saturated rings. The van der Waals surface area contributed by atoms with Crippen molar-refractivity contribution in [2.75, 3.05) is 44.7 Å². The Kier molecular flexibility index (Phi) is 8.96. The van der Waals surface area contributed by atoms with E-state index in [1.54, 1.807) is 0 Å². The van der Waals surface area contributed by atoms with E-state index in [4.69, 9.17) is 10.2 Å². The summed E-state index contributed by atoms with van der Waals surface area (Å²) in [6.07, 6.45) is 9.62. The number of benzene rings is 1. The van der Waals surface area contributed by atoms with Crippen molar-refractivity contribution in [1.82, 2.24) is 9.80 Å². The molecule has 2 atom stereocenters. The van der Waals surface area contributed by atoms with Crippen LogP contribution in [0.5, 0.6) is 0 Å². The highest BCUT2D eigenvalue weighted by Crippen LogP contribution is 2.51. The smallest absolute Gasteiger partial charge is 0.328 e. The lowest BCUT2D eigenvalue weighted by atomic mass is 9.73. The molecule has 0 aromatic heterocycles. The third-order valence-electron chi connectivity index (χ3n) is 9.57. The maximum atomic E-state index is 9.55. The second-order valence-corrected chi connectivity index (χ2v) is 12.0. The van der Waals surface area contributed by atoms with Crippen LogP contribution in [0.15, 0.2) is 42.5 Å². The van der Waals surface area contributed by atoms with E-state index in [1.807, 2.05) is 0 Å². The first-order chi connectivity index (χ1) is 17.7. The molecule has 7 nitrogen and oxygen atoms in total. The van der Waals surface area contributed by atoms with E-state index in [1.165, 1.54) is 76.9 Å². The molecule has 5 rings (SSSR count). The molecule has 37 heavy (non-hydrogen) atoms. The summed E-state index contributed by atoms with van der Waals surface area (Å²) in [5, 5.41) is 15.6. The number of rotatable bonds is 5. The van der Waals surface area contributed by atoms with E-state index in [0.29, 0.717) is 17.7 Å². The van der Waals surface area contributed by atoms with Crippen LogP contribution in [0.1, 0.15) is 52.4 Å². The van der Waals surface area contributed by atoms with Gasteiger partial charge in [-0.05, 0) is 75.5 Å². The van der Waals surface area contributed by atoms with E-state index in [-0.39, 0.29) is 0 Å². The summed E-state index contributed by atoms with van der Waals surface area (Å²) >= 11 is 0. The van der Waals surface area contributed by atoms with Gasteiger partial charge in [0.15, 0.2) is 0 Å². The van der Waals surface area contributed by atoms with Gasteiger partial charge in [-0.2, -0.15) is 0 Å². The molecule has 2 N–H and O–H groups in total. The molecule has 0 radical (unpaired) electrons. The third kappa shape index (κ3) is 6.37. The van der Waals surface area contributed by atoms with E-state index >= 15 is 0 Å². The molecule has 1 saturated carbocycles. The molecule has 1 aromatic carbocycles. The first kappa shape index (κ1) is 27.6. The molecule has 1 spiro atoms. The predicted octanol–water partition coefficient (Wildman–Crippen LogP) is 4.45. The summed E-state index contributed by atoms with van der Waals surface area (Å²) in [5.74, 6) is 1.04. The molecule has 4 aliphatic rings. The molecule has 0 bridgehead atoms. The summed E-state index contributed by atoms with van der Waals surface area (Å²) in [6.45, 7) is 11.3. The molecule has 0 unspecified atom stereocenters. The SMILES string of the molecule is CC(C)C1CCC(N2CCC3(CC2)[C@H]2CN(C)C[C@H]2CN3c2ccccc2)CC1.O=C(O)/C=C/C(=O)O. The van der Waals surface area contributed by atoms with Crippen LogP contribution in [0.25, 0.3) is 0 Å². The van der Waals surface area contributed by atoms with Crippen molar-refractivity contribution in [1.29, 1.82) is 0 Å². The number of carboxylic acids is 2. The van der Waals surface area contributed by atoms with Gasteiger partial charge in [0.1, 0.15) is 0 Å². The van der Waals surface area contributed by atoms with Crippen molar-refractivity contribution in [2.24, 2.45) is 23.7 Å². The minimum absolute atomic E-state index is 0.391. The maximum Gasteiger partial charge on any atom is 0.328 e. The number of fused-ring (bicyclic) bond motifs is 2. The molecule has 7 heteroatoms.